The van der Waals surface area contributed by atoms with Gasteiger partial charge in [0.2, 0.25) is 0 Å². The molecule has 1 aromatic rings. The number of alkyl halides is 2. The molecule has 7 heteroatoms. The van der Waals surface area contributed by atoms with E-state index in [1.165, 1.54) is 11.0 Å². The van der Waals surface area contributed by atoms with Crippen LogP contribution in [0, 0.1) is 6.92 Å². The van der Waals surface area contributed by atoms with Gasteiger partial charge in [-0.3, -0.25) is 0 Å². The predicted molar refractivity (Wildman–Crippen MR) is 57.1 cm³/mol. The molecule has 0 spiro atoms. The molecule has 0 aliphatic heterocycles. The summed E-state index contributed by atoms with van der Waals surface area (Å²) in [6.45, 7) is 0.979. The highest BCUT2D eigenvalue weighted by molar-refractivity contribution is 6.29. The first-order valence-electron chi connectivity index (χ1n) is 4.68. The third-order valence-electron chi connectivity index (χ3n) is 1.85. The molecule has 1 heterocycles. The quantitative estimate of drug-likeness (QED) is 0.806. The predicted octanol–water partition coefficient (Wildman–Crippen LogP) is 1.50. The van der Waals surface area contributed by atoms with Crippen LogP contribution in [0.2, 0.25) is 5.15 Å². The SMILES string of the molecule is Cc1nc(Cl)cc(N(CCO)CC(F)F)n1. The zero-order chi connectivity index (χ0) is 12.1. The van der Waals surface area contributed by atoms with Gasteiger partial charge in [-0.1, -0.05) is 11.6 Å². The average molecular weight is 252 g/mol. The Morgan fingerprint density at radius 3 is 2.69 bits per heavy atom. The number of rotatable bonds is 5. The van der Waals surface area contributed by atoms with Gasteiger partial charge in [0.25, 0.3) is 6.43 Å². The Labute approximate surface area is 96.9 Å². The molecule has 0 aliphatic carbocycles. The van der Waals surface area contributed by atoms with E-state index in [4.69, 9.17) is 16.7 Å². The lowest BCUT2D eigenvalue weighted by Crippen LogP contribution is -2.32. The fraction of sp³-hybridized carbons (Fsp3) is 0.556. The number of aromatic nitrogens is 2. The number of halogens is 3. The normalized spacial score (nSPS) is 10.9. The second-order valence-corrected chi connectivity index (χ2v) is 3.54. The number of nitrogens with zero attached hydrogens (tertiary/aromatic N) is 3. The van der Waals surface area contributed by atoms with Crippen molar-refractivity contribution in [2.45, 2.75) is 13.3 Å². The van der Waals surface area contributed by atoms with Gasteiger partial charge in [-0.2, -0.15) is 0 Å². The maximum atomic E-state index is 12.3. The van der Waals surface area contributed by atoms with E-state index in [2.05, 4.69) is 9.97 Å². The molecule has 0 aromatic carbocycles. The van der Waals surface area contributed by atoms with Crippen molar-refractivity contribution >= 4 is 17.4 Å². The highest BCUT2D eigenvalue weighted by Gasteiger charge is 2.14. The lowest BCUT2D eigenvalue weighted by Gasteiger charge is -2.22. The molecule has 0 unspecified atom stereocenters. The molecule has 0 amide bonds. The topological polar surface area (TPSA) is 49.2 Å². The molecule has 0 radical (unpaired) electrons. The van der Waals surface area contributed by atoms with Crippen LogP contribution in [-0.4, -0.2) is 41.2 Å². The van der Waals surface area contributed by atoms with Crippen molar-refractivity contribution in [2.24, 2.45) is 0 Å². The van der Waals surface area contributed by atoms with Crippen molar-refractivity contribution < 1.29 is 13.9 Å². The Kier molecular flexibility index (Phi) is 4.82. The average Bonchev–Trinajstić information content (AvgIpc) is 2.14. The van der Waals surface area contributed by atoms with E-state index < -0.39 is 13.0 Å². The summed E-state index contributed by atoms with van der Waals surface area (Å²) in [6.07, 6.45) is -2.50. The van der Waals surface area contributed by atoms with E-state index >= 15 is 0 Å². The Hall–Kier alpha value is -1.01. The monoisotopic (exact) mass is 251 g/mol. The summed E-state index contributed by atoms with van der Waals surface area (Å²) in [7, 11) is 0. The summed E-state index contributed by atoms with van der Waals surface area (Å²) in [5, 5.41) is 8.98. The molecular formula is C9H12ClF2N3O. The zero-order valence-electron chi connectivity index (χ0n) is 8.70. The van der Waals surface area contributed by atoms with E-state index in [0.29, 0.717) is 11.6 Å². The summed E-state index contributed by atoms with van der Waals surface area (Å²) >= 11 is 5.70. The van der Waals surface area contributed by atoms with Crippen LogP contribution >= 0.6 is 11.6 Å². The number of aliphatic hydroxyl groups is 1. The van der Waals surface area contributed by atoms with Crippen LogP contribution in [0.15, 0.2) is 6.07 Å². The van der Waals surface area contributed by atoms with Crippen LogP contribution in [0.5, 0.6) is 0 Å². The molecule has 1 rings (SSSR count). The molecule has 1 N–H and O–H groups in total. The maximum absolute atomic E-state index is 12.3. The number of aryl methyl sites for hydroxylation is 1. The first kappa shape index (κ1) is 13.1. The van der Waals surface area contributed by atoms with E-state index in [9.17, 15) is 8.78 Å². The van der Waals surface area contributed by atoms with Crippen LogP contribution in [0.3, 0.4) is 0 Å². The van der Waals surface area contributed by atoms with Crippen molar-refractivity contribution in [1.82, 2.24) is 9.97 Å². The highest BCUT2D eigenvalue weighted by Crippen LogP contribution is 2.16. The van der Waals surface area contributed by atoms with Crippen LogP contribution < -0.4 is 4.90 Å². The largest absolute Gasteiger partial charge is 0.395 e. The molecule has 0 fully saturated rings. The number of hydrogen-bond donors (Lipinski definition) is 1. The standard InChI is InChI=1S/C9H12ClF2N3O/c1-6-13-7(10)4-9(14-6)15(2-3-16)5-8(11)12/h4,8,16H,2-3,5H2,1H3. The van der Waals surface area contributed by atoms with Gasteiger partial charge < -0.3 is 10.0 Å². The van der Waals surface area contributed by atoms with Crippen LogP contribution in [0.1, 0.15) is 5.82 Å². The van der Waals surface area contributed by atoms with Crippen LogP contribution in [-0.2, 0) is 0 Å². The number of hydrogen-bond acceptors (Lipinski definition) is 4. The molecule has 0 saturated carbocycles. The zero-order valence-corrected chi connectivity index (χ0v) is 9.45. The Balaban J connectivity index is 2.90. The fourth-order valence-corrected chi connectivity index (χ4v) is 1.49. The molecule has 4 nitrogen and oxygen atoms in total. The molecule has 0 aliphatic rings. The maximum Gasteiger partial charge on any atom is 0.255 e. The third-order valence-corrected chi connectivity index (χ3v) is 2.04. The lowest BCUT2D eigenvalue weighted by atomic mass is 10.4. The minimum Gasteiger partial charge on any atom is -0.395 e. The minimum absolute atomic E-state index is 0.0805. The highest BCUT2D eigenvalue weighted by atomic mass is 35.5. The second kappa shape index (κ2) is 5.91. The van der Waals surface area contributed by atoms with Gasteiger partial charge in [0.05, 0.1) is 13.2 Å². The first-order valence-corrected chi connectivity index (χ1v) is 5.06. The molecule has 0 saturated heterocycles. The van der Waals surface area contributed by atoms with E-state index in [0.717, 1.165) is 0 Å². The minimum atomic E-state index is -2.50. The second-order valence-electron chi connectivity index (χ2n) is 3.16. The van der Waals surface area contributed by atoms with Crippen molar-refractivity contribution in [3.8, 4) is 0 Å². The molecule has 16 heavy (non-hydrogen) atoms. The van der Waals surface area contributed by atoms with Crippen molar-refractivity contribution in [1.29, 1.82) is 0 Å². The van der Waals surface area contributed by atoms with Gasteiger partial charge in [-0.15, -0.1) is 0 Å². The smallest absolute Gasteiger partial charge is 0.255 e. The third kappa shape index (κ3) is 3.86. The van der Waals surface area contributed by atoms with Gasteiger partial charge in [0.1, 0.15) is 16.8 Å². The summed E-state index contributed by atoms with van der Waals surface area (Å²) in [4.78, 5) is 9.09. The number of anilines is 1. The van der Waals surface area contributed by atoms with Crippen LogP contribution in [0.25, 0.3) is 0 Å². The Morgan fingerprint density at radius 1 is 1.50 bits per heavy atom. The van der Waals surface area contributed by atoms with Gasteiger partial charge in [0, 0.05) is 12.6 Å². The lowest BCUT2D eigenvalue weighted by molar-refractivity contribution is 0.152. The summed E-state index contributed by atoms with van der Waals surface area (Å²) in [5.41, 5.74) is 0. The molecular weight excluding hydrogens is 240 g/mol. The first-order chi connectivity index (χ1) is 7.52. The van der Waals surface area contributed by atoms with E-state index in [1.807, 2.05) is 0 Å². The van der Waals surface area contributed by atoms with E-state index in [-0.39, 0.29) is 18.3 Å². The fourth-order valence-electron chi connectivity index (χ4n) is 1.27. The Bertz CT molecular complexity index is 331. The van der Waals surface area contributed by atoms with E-state index in [1.54, 1.807) is 6.92 Å². The van der Waals surface area contributed by atoms with Crippen molar-refractivity contribution in [2.75, 3.05) is 24.6 Å². The Morgan fingerprint density at radius 2 is 2.19 bits per heavy atom. The van der Waals surface area contributed by atoms with Gasteiger partial charge in [-0.05, 0) is 6.92 Å². The summed E-state index contributed by atoms with van der Waals surface area (Å²) in [6, 6.07) is 1.40. The molecule has 0 atom stereocenters. The van der Waals surface area contributed by atoms with Crippen molar-refractivity contribution in [3.63, 3.8) is 0 Å². The van der Waals surface area contributed by atoms with Gasteiger partial charge in [0.15, 0.2) is 0 Å². The summed E-state index contributed by atoms with van der Waals surface area (Å²) in [5.74, 6) is 0.701. The molecule has 1 aromatic heterocycles. The van der Waals surface area contributed by atoms with Crippen LogP contribution in [0.4, 0.5) is 14.6 Å². The van der Waals surface area contributed by atoms with Crippen molar-refractivity contribution in [3.05, 3.63) is 17.0 Å². The van der Waals surface area contributed by atoms with Gasteiger partial charge >= 0.3 is 0 Å². The number of aliphatic hydroxyl groups excluding tert-OH is 1. The van der Waals surface area contributed by atoms with Gasteiger partial charge in [-0.25, -0.2) is 18.7 Å². The molecule has 0 bridgehead atoms. The molecule has 90 valence electrons. The summed E-state index contributed by atoms with van der Waals surface area (Å²) < 4.78 is 24.6.